The number of fused-ring (bicyclic) bond motifs is 11. The van der Waals surface area contributed by atoms with Gasteiger partial charge in [-0.15, -0.1) is 0 Å². The van der Waals surface area contributed by atoms with Gasteiger partial charge in [0.1, 0.15) is 0 Å². The van der Waals surface area contributed by atoms with E-state index in [1.165, 1.54) is 98.4 Å². The minimum Gasteiger partial charge on any atom is -0.309 e. The second-order valence-electron chi connectivity index (χ2n) is 13.3. The summed E-state index contributed by atoms with van der Waals surface area (Å²) in [5, 5.41) is 12.7. The van der Waals surface area contributed by atoms with Gasteiger partial charge in [-0.05, 0) is 98.0 Å². The van der Waals surface area contributed by atoms with Crippen LogP contribution in [-0.2, 0) is 0 Å². The lowest BCUT2D eigenvalue weighted by Gasteiger charge is -2.13. The fourth-order valence-corrected chi connectivity index (χ4v) is 8.47. The van der Waals surface area contributed by atoms with Gasteiger partial charge < -0.3 is 9.13 Å². The van der Waals surface area contributed by atoms with Gasteiger partial charge in [-0.2, -0.15) is 0 Å². The molecule has 0 N–H and O–H groups in total. The SMILES string of the molecule is c1ccc(-n2c3ccccc3c3cc(-c4cc5c(c6ccccc46)c4c6ccccc6ccc4n5-c4ccc5ccccc5c4)ccc32)cc1. The molecule has 0 spiro atoms. The summed E-state index contributed by atoms with van der Waals surface area (Å²) in [7, 11) is 0. The fraction of sp³-hybridized carbons (Fsp3) is 0. The van der Waals surface area contributed by atoms with Crippen molar-refractivity contribution in [2.24, 2.45) is 0 Å². The van der Waals surface area contributed by atoms with Crippen LogP contribution in [0.25, 0.3) is 98.4 Å². The Balaban J connectivity index is 1.27. The van der Waals surface area contributed by atoms with Gasteiger partial charge >= 0.3 is 0 Å². The minimum absolute atomic E-state index is 1.17. The minimum atomic E-state index is 1.17. The fourth-order valence-electron chi connectivity index (χ4n) is 8.47. The van der Waals surface area contributed by atoms with Gasteiger partial charge in [0, 0.05) is 32.9 Å². The number of rotatable bonds is 3. The molecule has 0 aliphatic rings. The molecule has 0 bridgehead atoms. The Labute approximate surface area is 288 Å². The summed E-state index contributed by atoms with van der Waals surface area (Å²) >= 11 is 0. The van der Waals surface area contributed by atoms with Crippen molar-refractivity contribution in [1.82, 2.24) is 9.13 Å². The van der Waals surface area contributed by atoms with Crippen LogP contribution in [0.15, 0.2) is 182 Å². The van der Waals surface area contributed by atoms with Crippen LogP contribution in [0.2, 0.25) is 0 Å². The Morgan fingerprint density at radius 2 is 0.880 bits per heavy atom. The third-order valence-corrected chi connectivity index (χ3v) is 10.7. The predicted molar refractivity (Wildman–Crippen MR) is 213 cm³/mol. The zero-order valence-corrected chi connectivity index (χ0v) is 27.2. The van der Waals surface area contributed by atoms with Crippen LogP contribution in [0, 0.1) is 0 Å². The van der Waals surface area contributed by atoms with Gasteiger partial charge in [-0.25, -0.2) is 0 Å². The van der Waals surface area contributed by atoms with Crippen LogP contribution in [0.5, 0.6) is 0 Å². The number of aromatic nitrogens is 2. The van der Waals surface area contributed by atoms with Gasteiger partial charge in [0.25, 0.3) is 0 Å². The average Bonchev–Trinajstić information content (AvgIpc) is 3.70. The van der Waals surface area contributed by atoms with Crippen molar-refractivity contribution in [3.63, 3.8) is 0 Å². The summed E-state index contributed by atoms with van der Waals surface area (Å²) in [6.45, 7) is 0. The summed E-state index contributed by atoms with van der Waals surface area (Å²) in [6, 6.07) is 66.8. The number of nitrogens with zero attached hydrogens (tertiary/aromatic N) is 2. The molecule has 2 aromatic heterocycles. The third-order valence-electron chi connectivity index (χ3n) is 10.7. The van der Waals surface area contributed by atoms with Crippen molar-refractivity contribution >= 4 is 75.9 Å². The highest BCUT2D eigenvalue weighted by Gasteiger charge is 2.21. The second-order valence-corrected chi connectivity index (χ2v) is 13.3. The molecule has 11 rings (SSSR count). The molecule has 0 aliphatic carbocycles. The summed E-state index contributed by atoms with van der Waals surface area (Å²) in [4.78, 5) is 0. The molecule has 2 nitrogen and oxygen atoms in total. The van der Waals surface area contributed by atoms with Crippen LogP contribution in [0.3, 0.4) is 0 Å². The van der Waals surface area contributed by atoms with Crippen LogP contribution < -0.4 is 0 Å². The molecule has 0 unspecified atom stereocenters. The molecule has 0 saturated carbocycles. The van der Waals surface area contributed by atoms with Crippen molar-refractivity contribution in [3.05, 3.63) is 182 Å². The lowest BCUT2D eigenvalue weighted by atomic mass is 9.93. The van der Waals surface area contributed by atoms with Gasteiger partial charge in [0.2, 0.25) is 0 Å². The van der Waals surface area contributed by atoms with Crippen molar-refractivity contribution in [2.45, 2.75) is 0 Å². The molecule has 0 atom stereocenters. The van der Waals surface area contributed by atoms with Crippen LogP contribution in [0.4, 0.5) is 0 Å². The summed E-state index contributed by atoms with van der Waals surface area (Å²) in [6.07, 6.45) is 0. The van der Waals surface area contributed by atoms with Gasteiger partial charge in [-0.3, -0.25) is 0 Å². The van der Waals surface area contributed by atoms with Gasteiger partial charge in [0.05, 0.1) is 22.1 Å². The smallest absolute Gasteiger partial charge is 0.0553 e. The second kappa shape index (κ2) is 10.4. The van der Waals surface area contributed by atoms with Gasteiger partial charge in [0.15, 0.2) is 0 Å². The van der Waals surface area contributed by atoms with E-state index in [0.717, 1.165) is 0 Å². The highest BCUT2D eigenvalue weighted by molar-refractivity contribution is 6.30. The van der Waals surface area contributed by atoms with Crippen LogP contribution >= 0.6 is 0 Å². The van der Waals surface area contributed by atoms with E-state index < -0.39 is 0 Å². The van der Waals surface area contributed by atoms with E-state index in [0.29, 0.717) is 0 Å². The van der Waals surface area contributed by atoms with Gasteiger partial charge in [-0.1, -0.05) is 127 Å². The Morgan fingerprint density at radius 3 is 1.74 bits per heavy atom. The number of hydrogen-bond donors (Lipinski definition) is 0. The number of para-hydroxylation sites is 2. The van der Waals surface area contributed by atoms with Crippen molar-refractivity contribution in [2.75, 3.05) is 0 Å². The number of hydrogen-bond acceptors (Lipinski definition) is 0. The molecular formula is C48H30N2. The Morgan fingerprint density at radius 1 is 0.280 bits per heavy atom. The first-order valence-electron chi connectivity index (χ1n) is 17.3. The first-order chi connectivity index (χ1) is 24.8. The molecule has 2 heterocycles. The third kappa shape index (κ3) is 3.85. The molecule has 11 aromatic rings. The summed E-state index contributed by atoms with van der Waals surface area (Å²) in [5.41, 5.74) is 9.65. The predicted octanol–water partition coefficient (Wildman–Crippen LogP) is 13.0. The number of benzene rings is 9. The van der Waals surface area contributed by atoms with Crippen LogP contribution in [-0.4, -0.2) is 9.13 Å². The molecule has 0 aliphatic heterocycles. The highest BCUT2D eigenvalue weighted by Crippen LogP contribution is 2.45. The Hall–Kier alpha value is -6.64. The van der Waals surface area contributed by atoms with E-state index in [-0.39, 0.29) is 0 Å². The molecule has 0 fully saturated rings. The topological polar surface area (TPSA) is 9.86 Å². The van der Waals surface area contributed by atoms with E-state index in [1.807, 2.05) is 0 Å². The van der Waals surface area contributed by atoms with Crippen molar-refractivity contribution in [1.29, 1.82) is 0 Å². The molecule has 0 radical (unpaired) electrons. The molecule has 0 amide bonds. The zero-order chi connectivity index (χ0) is 32.8. The largest absolute Gasteiger partial charge is 0.309 e. The quantitative estimate of drug-likeness (QED) is 0.183. The normalized spacial score (nSPS) is 12.0. The first-order valence-corrected chi connectivity index (χ1v) is 17.3. The lowest BCUT2D eigenvalue weighted by Crippen LogP contribution is -1.95. The molecule has 2 heteroatoms. The standard InChI is InChI=1S/C48H30N2/c1-2-15-35(16-3-1)49-43-21-11-10-19-39(43)42-29-34(24-26-44(42)49)41-30-46-48(40-20-9-8-18-38(40)41)47-37-17-7-6-13-32(37)23-27-45(47)50(46)36-25-22-31-12-4-5-14-33(31)28-36/h1-30H. The maximum atomic E-state index is 2.49. The van der Waals surface area contributed by atoms with Crippen molar-refractivity contribution in [3.8, 4) is 22.5 Å². The molecule has 232 valence electrons. The lowest BCUT2D eigenvalue weighted by molar-refractivity contribution is 1.18. The summed E-state index contributed by atoms with van der Waals surface area (Å²) in [5.74, 6) is 0. The van der Waals surface area contributed by atoms with Crippen LogP contribution in [0.1, 0.15) is 0 Å². The monoisotopic (exact) mass is 634 g/mol. The molecule has 50 heavy (non-hydrogen) atoms. The van der Waals surface area contributed by atoms with Crippen molar-refractivity contribution < 1.29 is 0 Å². The molecule has 9 aromatic carbocycles. The average molecular weight is 635 g/mol. The Bertz CT molecular complexity index is 3140. The molecular weight excluding hydrogens is 605 g/mol. The highest BCUT2D eigenvalue weighted by atomic mass is 15.0. The summed E-state index contributed by atoms with van der Waals surface area (Å²) < 4.78 is 4.87. The van der Waals surface area contributed by atoms with E-state index in [4.69, 9.17) is 0 Å². The van der Waals surface area contributed by atoms with E-state index in [2.05, 4.69) is 191 Å². The maximum Gasteiger partial charge on any atom is 0.0553 e. The van der Waals surface area contributed by atoms with E-state index >= 15 is 0 Å². The van der Waals surface area contributed by atoms with E-state index in [1.54, 1.807) is 0 Å². The Kier molecular flexibility index (Phi) is 5.70. The van der Waals surface area contributed by atoms with E-state index in [9.17, 15) is 0 Å². The molecule has 0 saturated heterocycles. The maximum absolute atomic E-state index is 2.49. The zero-order valence-electron chi connectivity index (χ0n) is 27.2. The first kappa shape index (κ1) is 27.3.